The van der Waals surface area contributed by atoms with Crippen molar-refractivity contribution in [3.05, 3.63) is 46.2 Å². The third kappa shape index (κ3) is 3.50. The molecule has 0 bridgehead atoms. The molecule has 1 aromatic heterocycles. The summed E-state index contributed by atoms with van der Waals surface area (Å²) < 4.78 is 11.1. The summed E-state index contributed by atoms with van der Waals surface area (Å²) in [6.07, 6.45) is 0.933. The van der Waals surface area contributed by atoms with E-state index in [0.717, 1.165) is 28.8 Å². The number of rotatable bonds is 6. The van der Waals surface area contributed by atoms with E-state index in [4.69, 9.17) is 9.47 Å². The summed E-state index contributed by atoms with van der Waals surface area (Å²) in [5.74, 6) is 1.71. The highest BCUT2D eigenvalue weighted by atomic mass is 79.9. The number of benzene rings is 1. The fourth-order valence-electron chi connectivity index (χ4n) is 1.62. The maximum Gasteiger partial charge on any atom is 0.127 e. The molecular weight excluding hydrogens is 312 g/mol. The SMILES string of the molecule is COc1ccc(CBr)c(OCCc2ccsc2)c1. The predicted octanol–water partition coefficient (Wildman–Crippen LogP) is 4.27. The fraction of sp³-hybridized carbons (Fsp3) is 0.286. The summed E-state index contributed by atoms with van der Waals surface area (Å²) in [6, 6.07) is 8.03. The van der Waals surface area contributed by atoms with Gasteiger partial charge >= 0.3 is 0 Å². The van der Waals surface area contributed by atoms with Gasteiger partial charge in [-0.3, -0.25) is 0 Å². The highest BCUT2D eigenvalue weighted by Gasteiger charge is 2.05. The molecule has 4 heteroatoms. The van der Waals surface area contributed by atoms with Gasteiger partial charge in [0.1, 0.15) is 11.5 Å². The normalized spacial score (nSPS) is 10.3. The predicted molar refractivity (Wildman–Crippen MR) is 79.1 cm³/mol. The van der Waals surface area contributed by atoms with Crippen LogP contribution in [-0.2, 0) is 11.8 Å². The van der Waals surface area contributed by atoms with Crippen LogP contribution in [0.2, 0.25) is 0 Å². The van der Waals surface area contributed by atoms with Crippen LogP contribution >= 0.6 is 27.3 Å². The number of thiophene rings is 1. The average molecular weight is 327 g/mol. The molecule has 0 spiro atoms. The number of hydrogen-bond donors (Lipinski definition) is 0. The Morgan fingerprint density at radius 2 is 2.17 bits per heavy atom. The second-order valence-corrected chi connectivity index (χ2v) is 5.18. The van der Waals surface area contributed by atoms with Gasteiger partial charge in [0.25, 0.3) is 0 Å². The zero-order chi connectivity index (χ0) is 12.8. The molecule has 0 radical (unpaired) electrons. The molecule has 0 aliphatic rings. The van der Waals surface area contributed by atoms with Crippen LogP contribution in [0.1, 0.15) is 11.1 Å². The van der Waals surface area contributed by atoms with Crippen LogP contribution in [0.25, 0.3) is 0 Å². The summed E-state index contributed by atoms with van der Waals surface area (Å²) in [7, 11) is 1.66. The average Bonchev–Trinajstić information content (AvgIpc) is 2.92. The van der Waals surface area contributed by atoms with Crippen LogP contribution < -0.4 is 9.47 Å². The smallest absolute Gasteiger partial charge is 0.127 e. The van der Waals surface area contributed by atoms with Gasteiger partial charge in [-0.15, -0.1) is 0 Å². The van der Waals surface area contributed by atoms with Crippen molar-refractivity contribution in [1.82, 2.24) is 0 Å². The summed E-state index contributed by atoms with van der Waals surface area (Å²) in [6.45, 7) is 0.684. The molecule has 1 aromatic carbocycles. The van der Waals surface area contributed by atoms with Crippen molar-refractivity contribution >= 4 is 27.3 Å². The highest BCUT2D eigenvalue weighted by molar-refractivity contribution is 9.08. The molecule has 0 unspecified atom stereocenters. The molecule has 0 saturated heterocycles. The van der Waals surface area contributed by atoms with Crippen molar-refractivity contribution < 1.29 is 9.47 Å². The zero-order valence-electron chi connectivity index (χ0n) is 10.2. The number of hydrogen-bond acceptors (Lipinski definition) is 3. The largest absolute Gasteiger partial charge is 0.497 e. The molecule has 1 heterocycles. The molecule has 2 rings (SSSR count). The molecule has 0 fully saturated rings. The topological polar surface area (TPSA) is 18.5 Å². The van der Waals surface area contributed by atoms with E-state index < -0.39 is 0 Å². The van der Waals surface area contributed by atoms with Crippen molar-refractivity contribution in [1.29, 1.82) is 0 Å². The summed E-state index contributed by atoms with van der Waals surface area (Å²) in [5.41, 5.74) is 2.46. The molecule has 18 heavy (non-hydrogen) atoms. The van der Waals surface area contributed by atoms with E-state index in [-0.39, 0.29) is 0 Å². The molecule has 96 valence electrons. The molecule has 2 aromatic rings. The standard InChI is InChI=1S/C14H15BrO2S/c1-16-13-3-2-12(9-15)14(8-13)17-6-4-11-5-7-18-10-11/h2-3,5,7-8,10H,4,6,9H2,1H3. The quantitative estimate of drug-likeness (QED) is 0.738. The Balaban J connectivity index is 1.98. The second-order valence-electron chi connectivity index (χ2n) is 3.84. The monoisotopic (exact) mass is 326 g/mol. The van der Waals surface area contributed by atoms with E-state index in [0.29, 0.717) is 6.61 Å². The minimum absolute atomic E-state index is 0.684. The molecule has 0 N–H and O–H groups in total. The van der Waals surface area contributed by atoms with Gasteiger partial charge in [-0.2, -0.15) is 11.3 Å². The van der Waals surface area contributed by atoms with Crippen molar-refractivity contribution in [2.24, 2.45) is 0 Å². The van der Waals surface area contributed by atoms with Crippen molar-refractivity contribution in [3.8, 4) is 11.5 Å². The number of alkyl halides is 1. The molecule has 0 aliphatic carbocycles. The van der Waals surface area contributed by atoms with Crippen LogP contribution in [0, 0.1) is 0 Å². The Morgan fingerprint density at radius 1 is 1.28 bits per heavy atom. The Bertz CT molecular complexity index is 483. The molecule has 0 saturated carbocycles. The maximum atomic E-state index is 5.84. The van der Waals surface area contributed by atoms with Gasteiger partial charge in [0, 0.05) is 23.4 Å². The van der Waals surface area contributed by atoms with Crippen LogP contribution in [0.4, 0.5) is 0 Å². The Kier molecular flexibility index (Phi) is 5.08. The summed E-state index contributed by atoms with van der Waals surface area (Å²) in [4.78, 5) is 0. The molecule has 0 aliphatic heterocycles. The van der Waals surface area contributed by atoms with Crippen LogP contribution in [0.5, 0.6) is 11.5 Å². The lowest BCUT2D eigenvalue weighted by molar-refractivity contribution is 0.316. The lowest BCUT2D eigenvalue weighted by Crippen LogP contribution is -2.02. The van der Waals surface area contributed by atoms with Crippen molar-refractivity contribution in [2.45, 2.75) is 11.8 Å². The van der Waals surface area contributed by atoms with Gasteiger partial charge in [0.05, 0.1) is 13.7 Å². The van der Waals surface area contributed by atoms with Gasteiger partial charge < -0.3 is 9.47 Å². The van der Waals surface area contributed by atoms with Gasteiger partial charge in [-0.25, -0.2) is 0 Å². The van der Waals surface area contributed by atoms with Gasteiger partial charge in [0.15, 0.2) is 0 Å². The van der Waals surface area contributed by atoms with Crippen LogP contribution in [0.15, 0.2) is 35.0 Å². The summed E-state index contributed by atoms with van der Waals surface area (Å²) in [5, 5.41) is 5.02. The lowest BCUT2D eigenvalue weighted by Gasteiger charge is -2.11. The molecular formula is C14H15BrO2S. The Hall–Kier alpha value is -1.00. The minimum Gasteiger partial charge on any atom is -0.497 e. The first kappa shape index (κ1) is 13.4. The third-order valence-electron chi connectivity index (χ3n) is 2.65. The first-order chi connectivity index (χ1) is 8.83. The highest BCUT2D eigenvalue weighted by Crippen LogP contribution is 2.26. The molecule has 2 nitrogen and oxygen atoms in total. The zero-order valence-corrected chi connectivity index (χ0v) is 12.6. The lowest BCUT2D eigenvalue weighted by atomic mass is 10.2. The maximum absolute atomic E-state index is 5.84. The number of methoxy groups -OCH3 is 1. The van der Waals surface area contributed by atoms with E-state index in [1.807, 2.05) is 18.2 Å². The Labute approximate surface area is 120 Å². The minimum atomic E-state index is 0.684. The molecule has 0 atom stereocenters. The second kappa shape index (κ2) is 6.81. The van der Waals surface area contributed by atoms with Crippen LogP contribution in [-0.4, -0.2) is 13.7 Å². The van der Waals surface area contributed by atoms with Crippen molar-refractivity contribution in [2.75, 3.05) is 13.7 Å². The van der Waals surface area contributed by atoms with Gasteiger partial charge in [0.2, 0.25) is 0 Å². The van der Waals surface area contributed by atoms with E-state index in [2.05, 4.69) is 32.8 Å². The fourth-order valence-corrected chi connectivity index (χ4v) is 2.79. The van der Waals surface area contributed by atoms with Gasteiger partial charge in [-0.05, 0) is 28.5 Å². The van der Waals surface area contributed by atoms with E-state index in [9.17, 15) is 0 Å². The van der Waals surface area contributed by atoms with E-state index >= 15 is 0 Å². The van der Waals surface area contributed by atoms with Gasteiger partial charge in [-0.1, -0.05) is 22.0 Å². The Morgan fingerprint density at radius 3 is 2.83 bits per heavy atom. The van der Waals surface area contributed by atoms with E-state index in [1.54, 1.807) is 18.4 Å². The first-order valence-electron chi connectivity index (χ1n) is 5.70. The summed E-state index contributed by atoms with van der Waals surface area (Å²) >= 11 is 5.18. The van der Waals surface area contributed by atoms with Crippen molar-refractivity contribution in [3.63, 3.8) is 0 Å². The first-order valence-corrected chi connectivity index (χ1v) is 7.76. The van der Waals surface area contributed by atoms with E-state index in [1.165, 1.54) is 5.56 Å². The number of halogens is 1. The van der Waals surface area contributed by atoms with Crippen LogP contribution in [0.3, 0.4) is 0 Å². The third-order valence-corrected chi connectivity index (χ3v) is 3.98. The number of ether oxygens (including phenoxy) is 2. The molecule has 0 amide bonds.